The minimum Gasteiger partial charge on any atom is -0.297 e. The topological polar surface area (TPSA) is 78.5 Å². The van der Waals surface area contributed by atoms with Gasteiger partial charge in [0.15, 0.2) is 16.1 Å². The van der Waals surface area contributed by atoms with Crippen LogP contribution in [0.1, 0.15) is 23.4 Å². The number of pyridine rings is 1. The summed E-state index contributed by atoms with van der Waals surface area (Å²) in [4.78, 5) is 24.2. The molecule has 10 heteroatoms. The quantitative estimate of drug-likeness (QED) is 0.329. The highest BCUT2D eigenvalue weighted by Gasteiger charge is 2.29. The molecule has 5 heterocycles. The monoisotopic (exact) mass is 456 g/mol. The summed E-state index contributed by atoms with van der Waals surface area (Å²) in [6.45, 7) is 6.66. The number of fused-ring (bicyclic) bond motifs is 2. The summed E-state index contributed by atoms with van der Waals surface area (Å²) in [6, 6.07) is 4.14. The van der Waals surface area contributed by atoms with Crippen molar-refractivity contribution in [3.05, 3.63) is 45.3 Å². The third kappa shape index (κ3) is 3.17. The minimum absolute atomic E-state index is 0.0636. The van der Waals surface area contributed by atoms with Gasteiger partial charge in [0.05, 0.1) is 11.4 Å². The lowest BCUT2D eigenvalue weighted by molar-refractivity contribution is 0.592. The Morgan fingerprint density at radius 1 is 1.30 bits per heavy atom. The normalized spacial score (nSPS) is 15.8. The number of rotatable bonds is 5. The molecule has 4 aromatic heterocycles. The fourth-order valence-corrected chi connectivity index (χ4v) is 7.07. The van der Waals surface area contributed by atoms with Crippen molar-refractivity contribution >= 4 is 45.1 Å². The zero-order valence-corrected chi connectivity index (χ0v) is 19.3. The van der Waals surface area contributed by atoms with Gasteiger partial charge in [-0.15, -0.1) is 21.5 Å². The zero-order chi connectivity index (χ0) is 20.8. The minimum atomic E-state index is 0.0636. The van der Waals surface area contributed by atoms with Gasteiger partial charge < -0.3 is 0 Å². The molecule has 0 spiro atoms. The van der Waals surface area contributed by atoms with Crippen molar-refractivity contribution in [1.29, 1.82) is 0 Å². The van der Waals surface area contributed by atoms with Crippen LogP contribution < -0.4 is 5.56 Å². The van der Waals surface area contributed by atoms with E-state index in [9.17, 15) is 4.79 Å². The Hall–Kier alpha value is -2.17. The van der Waals surface area contributed by atoms with Crippen LogP contribution in [0.5, 0.6) is 0 Å². The van der Waals surface area contributed by atoms with E-state index in [1.54, 1.807) is 45.6 Å². The Morgan fingerprint density at radius 2 is 2.17 bits per heavy atom. The Labute approximate surface area is 186 Å². The highest BCUT2D eigenvalue weighted by Crippen LogP contribution is 2.39. The van der Waals surface area contributed by atoms with Gasteiger partial charge in [0.2, 0.25) is 0 Å². The first kappa shape index (κ1) is 19.8. The van der Waals surface area contributed by atoms with E-state index in [2.05, 4.69) is 19.7 Å². The number of hydrogen-bond acceptors (Lipinski definition) is 8. The van der Waals surface area contributed by atoms with Gasteiger partial charge in [-0.25, -0.2) is 4.98 Å². The summed E-state index contributed by atoms with van der Waals surface area (Å²) in [5.41, 5.74) is 2.07. The van der Waals surface area contributed by atoms with Crippen LogP contribution in [0.3, 0.4) is 0 Å². The highest BCUT2D eigenvalue weighted by atomic mass is 32.2. The van der Waals surface area contributed by atoms with E-state index in [0.717, 1.165) is 53.9 Å². The predicted molar refractivity (Wildman–Crippen MR) is 123 cm³/mol. The number of hydrogen-bond donors (Lipinski definition) is 0. The molecule has 0 fully saturated rings. The molecule has 0 aliphatic carbocycles. The standard InChI is InChI=1S/C20H20N6OS3/c1-4-25-18(27)15-11(2)12(3)30-17(15)22-19(25)28-9-14-10-29-20-24-23-16(26(14)20)13-6-5-7-21-8-13/h5-8,14H,4,9-10H2,1-3H3. The van der Waals surface area contributed by atoms with Gasteiger partial charge in [0.25, 0.3) is 5.56 Å². The largest absolute Gasteiger partial charge is 0.297 e. The second-order valence-electron chi connectivity index (χ2n) is 7.10. The fraction of sp³-hybridized carbons (Fsp3) is 0.350. The first-order chi connectivity index (χ1) is 14.6. The maximum absolute atomic E-state index is 13.1. The second kappa shape index (κ2) is 7.82. The van der Waals surface area contributed by atoms with Crippen molar-refractivity contribution in [3.8, 4) is 11.4 Å². The summed E-state index contributed by atoms with van der Waals surface area (Å²) in [6.07, 6.45) is 3.57. The lowest BCUT2D eigenvalue weighted by Gasteiger charge is -2.15. The smallest absolute Gasteiger partial charge is 0.263 e. The van der Waals surface area contributed by atoms with Crippen molar-refractivity contribution in [2.24, 2.45) is 0 Å². The number of nitrogens with zero attached hydrogens (tertiary/aromatic N) is 6. The van der Waals surface area contributed by atoms with Gasteiger partial charge >= 0.3 is 0 Å². The van der Waals surface area contributed by atoms with Crippen LogP contribution in [0.25, 0.3) is 21.6 Å². The SMILES string of the molecule is CCn1c(SCC2CSc3nnc(-c4cccnc4)n32)nc2sc(C)c(C)c2c1=O. The number of aromatic nitrogens is 6. The maximum atomic E-state index is 13.1. The van der Waals surface area contributed by atoms with Crippen LogP contribution in [0.15, 0.2) is 39.6 Å². The molecule has 0 saturated carbocycles. The van der Waals surface area contributed by atoms with E-state index in [1.807, 2.05) is 39.1 Å². The van der Waals surface area contributed by atoms with Crippen LogP contribution in [0.2, 0.25) is 0 Å². The van der Waals surface area contributed by atoms with Crippen molar-refractivity contribution in [3.63, 3.8) is 0 Å². The third-order valence-electron chi connectivity index (χ3n) is 5.33. The summed E-state index contributed by atoms with van der Waals surface area (Å²) >= 11 is 4.95. The summed E-state index contributed by atoms with van der Waals surface area (Å²) in [5, 5.41) is 11.2. The average molecular weight is 457 g/mol. The molecule has 0 N–H and O–H groups in total. The van der Waals surface area contributed by atoms with E-state index >= 15 is 0 Å². The second-order valence-corrected chi connectivity index (χ2v) is 10.3. The van der Waals surface area contributed by atoms with Crippen LogP contribution >= 0.6 is 34.9 Å². The van der Waals surface area contributed by atoms with Gasteiger partial charge in [-0.2, -0.15) is 0 Å². The predicted octanol–water partition coefficient (Wildman–Crippen LogP) is 4.19. The lowest BCUT2D eigenvalue weighted by atomic mass is 10.2. The van der Waals surface area contributed by atoms with E-state index in [1.165, 1.54) is 0 Å². The molecule has 1 unspecified atom stereocenters. The van der Waals surface area contributed by atoms with E-state index in [-0.39, 0.29) is 11.6 Å². The molecule has 0 aromatic carbocycles. The zero-order valence-electron chi connectivity index (χ0n) is 16.8. The highest BCUT2D eigenvalue weighted by molar-refractivity contribution is 8.00. The molecule has 5 rings (SSSR count). The van der Waals surface area contributed by atoms with Gasteiger partial charge in [0, 0.05) is 40.9 Å². The third-order valence-corrected chi connectivity index (χ3v) is 8.64. The molecule has 1 atom stereocenters. The summed E-state index contributed by atoms with van der Waals surface area (Å²) < 4.78 is 3.99. The Morgan fingerprint density at radius 3 is 2.93 bits per heavy atom. The van der Waals surface area contributed by atoms with Crippen LogP contribution in [-0.2, 0) is 6.54 Å². The van der Waals surface area contributed by atoms with Gasteiger partial charge in [-0.3, -0.25) is 18.9 Å². The van der Waals surface area contributed by atoms with E-state index in [4.69, 9.17) is 4.98 Å². The Balaban J connectivity index is 1.47. The molecule has 4 aromatic rings. The van der Waals surface area contributed by atoms with Crippen molar-refractivity contribution in [1.82, 2.24) is 29.3 Å². The van der Waals surface area contributed by atoms with Crippen molar-refractivity contribution in [2.75, 3.05) is 11.5 Å². The Bertz CT molecular complexity index is 1290. The van der Waals surface area contributed by atoms with E-state index in [0.29, 0.717) is 6.54 Å². The lowest BCUT2D eigenvalue weighted by Crippen LogP contribution is -2.23. The van der Waals surface area contributed by atoms with Gasteiger partial charge in [-0.1, -0.05) is 23.5 Å². The first-order valence-corrected chi connectivity index (χ1v) is 12.5. The Kier molecular flexibility index (Phi) is 5.16. The number of thioether (sulfide) groups is 2. The van der Waals surface area contributed by atoms with Gasteiger partial charge in [0.1, 0.15) is 4.83 Å². The molecule has 0 radical (unpaired) electrons. The average Bonchev–Trinajstić information content (AvgIpc) is 3.42. The summed E-state index contributed by atoms with van der Waals surface area (Å²) in [5.74, 6) is 2.57. The number of aryl methyl sites for hydroxylation is 2. The molecule has 154 valence electrons. The first-order valence-electron chi connectivity index (χ1n) is 9.70. The molecule has 0 amide bonds. The van der Waals surface area contributed by atoms with Crippen LogP contribution in [0.4, 0.5) is 0 Å². The molecular weight excluding hydrogens is 436 g/mol. The number of thiophene rings is 1. The van der Waals surface area contributed by atoms with Crippen LogP contribution in [0, 0.1) is 13.8 Å². The molecule has 1 aliphatic rings. The van der Waals surface area contributed by atoms with Gasteiger partial charge in [-0.05, 0) is 38.5 Å². The molecule has 0 saturated heterocycles. The van der Waals surface area contributed by atoms with Crippen molar-refractivity contribution in [2.45, 2.75) is 43.7 Å². The molecule has 1 aliphatic heterocycles. The molecular formula is C20H20N6OS3. The molecule has 30 heavy (non-hydrogen) atoms. The van der Waals surface area contributed by atoms with Crippen LogP contribution in [-0.4, -0.2) is 40.8 Å². The summed E-state index contributed by atoms with van der Waals surface area (Å²) in [7, 11) is 0. The van der Waals surface area contributed by atoms with E-state index < -0.39 is 0 Å². The van der Waals surface area contributed by atoms with Crippen molar-refractivity contribution < 1.29 is 0 Å². The maximum Gasteiger partial charge on any atom is 0.263 e. The molecule has 7 nitrogen and oxygen atoms in total. The molecule has 0 bridgehead atoms. The fourth-order valence-electron chi connectivity index (χ4n) is 3.63.